The number of hydrogen-bond acceptors (Lipinski definition) is 2. The SMILES string of the molecule is C=C.C=C(/C=C(/O)C(=C)C)C(C)=O.C=C(C)c1ccc(C)cc1.CC.CC.CC.CC.CC.CC.CCC.CCCC. The largest absolute Gasteiger partial charge is 0.508 e. The Kier molecular flexibility index (Phi) is 123. The van der Waals surface area contributed by atoms with Crippen LogP contribution in [0.1, 0.15) is 162 Å². The van der Waals surface area contributed by atoms with Crippen LogP contribution in [0.5, 0.6) is 0 Å². The lowest BCUT2D eigenvalue weighted by Crippen LogP contribution is -1.93. The van der Waals surface area contributed by atoms with Crippen LogP contribution in [-0.2, 0) is 4.79 Å². The van der Waals surface area contributed by atoms with E-state index < -0.39 is 0 Å². The number of unbranched alkanes of at least 4 members (excludes halogenated alkanes) is 1. The molecule has 2 nitrogen and oxygen atoms in total. The molecule has 0 bridgehead atoms. The maximum absolute atomic E-state index is 10.6. The lowest BCUT2D eigenvalue weighted by molar-refractivity contribution is -0.113. The van der Waals surface area contributed by atoms with Gasteiger partial charge >= 0.3 is 0 Å². The molecule has 1 aromatic carbocycles. The highest BCUT2D eigenvalue weighted by atomic mass is 16.3. The molecule has 0 fully saturated rings. The van der Waals surface area contributed by atoms with Crippen molar-refractivity contribution in [1.29, 1.82) is 0 Å². The van der Waals surface area contributed by atoms with Gasteiger partial charge in [-0.25, -0.2) is 0 Å². The van der Waals surface area contributed by atoms with Crippen LogP contribution in [-0.4, -0.2) is 10.9 Å². The monoisotopic (exact) mass is 595 g/mol. The van der Waals surface area contributed by atoms with Crippen molar-refractivity contribution in [2.45, 2.75) is 158 Å². The van der Waals surface area contributed by atoms with E-state index in [0.29, 0.717) is 5.57 Å². The van der Waals surface area contributed by atoms with Crippen LogP contribution in [0.25, 0.3) is 5.57 Å². The first-order chi connectivity index (χ1) is 20.0. The molecule has 0 aliphatic heterocycles. The number of hydrogen-bond donors (Lipinski definition) is 1. The second-order valence-corrected chi connectivity index (χ2v) is 6.74. The summed E-state index contributed by atoms with van der Waals surface area (Å²) in [4.78, 5) is 10.6. The third kappa shape index (κ3) is 83.2. The molecule has 1 aromatic rings. The fraction of sp³-hybridized carbons (Fsp3) is 0.575. The number of aryl methyl sites for hydroxylation is 1. The van der Waals surface area contributed by atoms with Gasteiger partial charge in [0.2, 0.25) is 0 Å². The first-order valence-corrected chi connectivity index (χ1v) is 16.5. The summed E-state index contributed by atoms with van der Waals surface area (Å²) in [6, 6.07) is 8.39. The minimum atomic E-state index is -0.155. The fourth-order valence-electron chi connectivity index (χ4n) is 1.23. The number of ketones is 1. The van der Waals surface area contributed by atoms with Gasteiger partial charge in [0.1, 0.15) is 5.76 Å². The van der Waals surface area contributed by atoms with E-state index >= 15 is 0 Å². The van der Waals surface area contributed by atoms with Crippen molar-refractivity contribution >= 4 is 11.4 Å². The predicted molar refractivity (Wildman–Crippen MR) is 207 cm³/mol. The van der Waals surface area contributed by atoms with Gasteiger partial charge in [-0.2, -0.15) is 0 Å². The number of carbonyl (C=O) groups is 1. The molecule has 0 spiro atoms. The van der Waals surface area contributed by atoms with Crippen molar-refractivity contribution in [1.82, 2.24) is 0 Å². The standard InChI is InChI=1S/C10H12.C9H12O2.C4H10.C3H8.6C2H6.C2H4/c1-8(2)10-6-4-9(3)5-7-10;1-6(2)9(11)5-7(3)8(4)10;1-3-4-2;1-3-2;7*1-2/h4-7H,1H2,2-3H3;5,11H,1,3H2,2,4H3;3-4H2,1-2H3;3H2,1-2H3;6*1-2H3;1-2H2/b;9-5+;;;;;;;;;. The minimum absolute atomic E-state index is 0.00481. The highest BCUT2D eigenvalue weighted by Gasteiger charge is 1.99. The molecule has 254 valence electrons. The van der Waals surface area contributed by atoms with Crippen molar-refractivity contribution < 1.29 is 9.90 Å². The van der Waals surface area contributed by atoms with E-state index in [1.165, 1.54) is 43.4 Å². The average molecular weight is 595 g/mol. The summed E-state index contributed by atoms with van der Waals surface area (Å²) in [6.07, 6.45) is 5.20. The summed E-state index contributed by atoms with van der Waals surface area (Å²) in [6.45, 7) is 56.6. The first kappa shape index (κ1) is 67.2. The zero-order valence-electron chi connectivity index (χ0n) is 32.9. The first-order valence-electron chi connectivity index (χ1n) is 16.5. The Labute approximate surface area is 269 Å². The molecule has 0 amide bonds. The quantitative estimate of drug-likeness (QED) is 0.159. The fourth-order valence-corrected chi connectivity index (χ4v) is 1.23. The van der Waals surface area contributed by atoms with E-state index in [9.17, 15) is 4.79 Å². The summed E-state index contributed by atoms with van der Waals surface area (Å²) < 4.78 is 0. The summed E-state index contributed by atoms with van der Waals surface area (Å²) in [5.74, 6) is -0.150. The minimum Gasteiger partial charge on any atom is -0.508 e. The highest BCUT2D eigenvalue weighted by molar-refractivity contribution is 5.95. The summed E-state index contributed by atoms with van der Waals surface area (Å²) in [7, 11) is 0. The third-order valence-corrected chi connectivity index (χ3v) is 3.24. The number of benzene rings is 1. The van der Waals surface area contributed by atoms with Crippen LogP contribution in [0.15, 0.2) is 80.1 Å². The highest BCUT2D eigenvalue weighted by Crippen LogP contribution is 2.11. The molecule has 1 N–H and O–H groups in total. The number of rotatable bonds is 5. The topological polar surface area (TPSA) is 37.3 Å². The van der Waals surface area contributed by atoms with E-state index in [2.05, 4.69) is 91.8 Å². The van der Waals surface area contributed by atoms with Gasteiger partial charge in [-0.05, 0) is 44.9 Å². The maximum Gasteiger partial charge on any atom is 0.159 e. The van der Waals surface area contributed by atoms with Crippen molar-refractivity contribution in [3.63, 3.8) is 0 Å². The van der Waals surface area contributed by atoms with Crippen molar-refractivity contribution in [2.24, 2.45) is 0 Å². The molecular formula is C40H82O2. The van der Waals surface area contributed by atoms with Gasteiger partial charge in [-0.3, -0.25) is 4.79 Å². The molecular weight excluding hydrogens is 512 g/mol. The van der Waals surface area contributed by atoms with Gasteiger partial charge in [0.15, 0.2) is 5.78 Å². The van der Waals surface area contributed by atoms with E-state index in [0.717, 1.165) is 5.57 Å². The van der Waals surface area contributed by atoms with Gasteiger partial charge in [-0.1, -0.05) is 185 Å². The van der Waals surface area contributed by atoms with E-state index in [1.54, 1.807) is 6.92 Å². The maximum atomic E-state index is 10.6. The molecule has 0 saturated heterocycles. The molecule has 0 heterocycles. The van der Waals surface area contributed by atoms with Crippen molar-refractivity contribution in [2.75, 3.05) is 0 Å². The number of aliphatic hydroxyl groups excluding tert-OH is 1. The molecule has 0 unspecified atom stereocenters. The Balaban J connectivity index is -0.0000000376. The van der Waals surface area contributed by atoms with Crippen LogP contribution in [0.2, 0.25) is 0 Å². The van der Waals surface area contributed by atoms with Crippen LogP contribution >= 0.6 is 0 Å². The van der Waals surface area contributed by atoms with Gasteiger partial charge < -0.3 is 5.11 Å². The van der Waals surface area contributed by atoms with Crippen LogP contribution < -0.4 is 0 Å². The molecule has 0 atom stereocenters. The van der Waals surface area contributed by atoms with Gasteiger partial charge in [-0.15, -0.1) is 13.2 Å². The van der Waals surface area contributed by atoms with Crippen LogP contribution in [0, 0.1) is 6.92 Å². The summed E-state index contributed by atoms with van der Waals surface area (Å²) in [5.41, 5.74) is 4.45. The van der Waals surface area contributed by atoms with Gasteiger partial charge in [0.05, 0.1) is 0 Å². The van der Waals surface area contributed by atoms with Crippen molar-refractivity contribution in [3.8, 4) is 0 Å². The lowest BCUT2D eigenvalue weighted by atomic mass is 10.1. The van der Waals surface area contributed by atoms with Gasteiger partial charge in [0, 0.05) is 5.57 Å². The average Bonchev–Trinajstić information content (AvgIpc) is 3.05. The summed E-state index contributed by atoms with van der Waals surface area (Å²) in [5, 5.41) is 9.09. The number of aliphatic hydroxyl groups is 1. The molecule has 0 aromatic heterocycles. The number of Topliss-reactive ketones (excluding diaryl/α,β-unsaturated/α-hetero) is 1. The molecule has 42 heavy (non-hydrogen) atoms. The zero-order chi connectivity index (χ0) is 36.7. The molecule has 0 aliphatic carbocycles. The second kappa shape index (κ2) is 77.1. The van der Waals surface area contributed by atoms with Gasteiger partial charge in [0.25, 0.3) is 0 Å². The molecule has 0 saturated carbocycles. The van der Waals surface area contributed by atoms with E-state index in [4.69, 9.17) is 5.11 Å². The Bertz CT molecular complexity index is 630. The Morgan fingerprint density at radius 3 is 1.10 bits per heavy atom. The van der Waals surface area contributed by atoms with E-state index in [1.807, 2.05) is 90.0 Å². The lowest BCUT2D eigenvalue weighted by Gasteiger charge is -1.98. The number of carbonyl (C=O) groups excluding carboxylic acids is 1. The normalized spacial score (nSPS) is 7.19. The number of allylic oxidation sites excluding steroid dienone is 4. The Hall–Kier alpha value is -2.61. The van der Waals surface area contributed by atoms with Crippen molar-refractivity contribution in [3.05, 3.63) is 91.3 Å². The van der Waals surface area contributed by atoms with Crippen LogP contribution in [0.3, 0.4) is 0 Å². The van der Waals surface area contributed by atoms with E-state index in [-0.39, 0.29) is 17.1 Å². The molecule has 0 aliphatic rings. The molecule has 1 rings (SSSR count). The summed E-state index contributed by atoms with van der Waals surface area (Å²) >= 11 is 0. The smallest absolute Gasteiger partial charge is 0.159 e. The molecule has 2 heteroatoms. The predicted octanol–water partition coefficient (Wildman–Crippen LogP) is 15.4. The Morgan fingerprint density at radius 2 is 0.929 bits per heavy atom. The molecule has 0 radical (unpaired) electrons. The third-order valence-electron chi connectivity index (χ3n) is 3.24. The Morgan fingerprint density at radius 1 is 0.667 bits per heavy atom. The zero-order valence-corrected chi connectivity index (χ0v) is 32.9. The second-order valence-electron chi connectivity index (χ2n) is 6.74. The van der Waals surface area contributed by atoms with Crippen LogP contribution in [0.4, 0.5) is 0 Å².